The Morgan fingerprint density at radius 1 is 1.23 bits per heavy atom. The first-order valence-corrected chi connectivity index (χ1v) is 9.73. The van der Waals surface area contributed by atoms with Crippen LogP contribution in [-0.4, -0.2) is 30.4 Å². The Balaban J connectivity index is 1.34. The molecule has 2 aliphatic heterocycles. The van der Waals surface area contributed by atoms with Crippen molar-refractivity contribution in [2.75, 3.05) is 19.6 Å². The van der Waals surface area contributed by atoms with E-state index in [1.54, 1.807) is 0 Å². The lowest BCUT2D eigenvalue weighted by molar-refractivity contribution is -0.116. The molecule has 1 unspecified atom stereocenters. The molecule has 0 spiro atoms. The Labute approximate surface area is 155 Å². The molecule has 26 heavy (non-hydrogen) atoms. The van der Waals surface area contributed by atoms with Crippen molar-refractivity contribution >= 4 is 11.5 Å². The highest BCUT2D eigenvalue weighted by Crippen LogP contribution is 2.24. The number of rotatable bonds is 5. The lowest BCUT2D eigenvalue weighted by Gasteiger charge is -2.21. The molecule has 136 valence electrons. The van der Waals surface area contributed by atoms with E-state index in [-0.39, 0.29) is 5.91 Å². The maximum absolute atomic E-state index is 12.2. The SMILES string of the molecule is O=C1NCc2ccccc2/C1=C/NC1=CCC(CCN2CCCC2)C=C1. The van der Waals surface area contributed by atoms with Crippen molar-refractivity contribution in [2.45, 2.75) is 32.2 Å². The van der Waals surface area contributed by atoms with E-state index < -0.39 is 0 Å². The van der Waals surface area contributed by atoms with E-state index in [0.29, 0.717) is 18.0 Å². The molecule has 1 aromatic carbocycles. The molecular weight excluding hydrogens is 322 g/mol. The normalized spacial score (nSPS) is 24.3. The molecule has 1 aromatic rings. The van der Waals surface area contributed by atoms with Crippen LogP contribution in [0.2, 0.25) is 0 Å². The molecule has 0 radical (unpaired) electrons. The standard InChI is InChI=1S/C22H27N3O/c26-22-21(20-6-2-1-5-18(20)15-24-22)16-23-19-9-7-17(8-10-19)11-14-25-12-3-4-13-25/h1-2,5-7,9-10,16-17,23H,3-4,8,11-15H2,(H,24,26)/b21-16-. The number of benzene rings is 1. The topological polar surface area (TPSA) is 44.4 Å². The molecule has 4 heteroatoms. The van der Waals surface area contributed by atoms with Crippen LogP contribution in [0.5, 0.6) is 0 Å². The van der Waals surface area contributed by atoms with Crippen LogP contribution in [0.3, 0.4) is 0 Å². The molecule has 1 amide bonds. The summed E-state index contributed by atoms with van der Waals surface area (Å²) in [6, 6.07) is 8.07. The molecule has 1 fully saturated rings. The zero-order valence-corrected chi connectivity index (χ0v) is 15.2. The molecule has 0 saturated carbocycles. The fourth-order valence-electron chi connectivity index (χ4n) is 3.97. The number of likely N-dealkylation sites (tertiary alicyclic amines) is 1. The van der Waals surface area contributed by atoms with Crippen LogP contribution < -0.4 is 10.6 Å². The number of hydrogen-bond donors (Lipinski definition) is 2. The van der Waals surface area contributed by atoms with E-state index in [1.807, 2.05) is 24.4 Å². The van der Waals surface area contributed by atoms with E-state index >= 15 is 0 Å². The molecule has 4 nitrogen and oxygen atoms in total. The van der Waals surface area contributed by atoms with Gasteiger partial charge in [0.2, 0.25) is 0 Å². The Morgan fingerprint density at radius 3 is 2.88 bits per heavy atom. The second-order valence-electron chi connectivity index (χ2n) is 7.39. The summed E-state index contributed by atoms with van der Waals surface area (Å²) in [4.78, 5) is 14.8. The van der Waals surface area contributed by atoms with Gasteiger partial charge in [-0.05, 0) is 68.4 Å². The summed E-state index contributed by atoms with van der Waals surface area (Å²) in [5, 5.41) is 6.26. The third kappa shape index (κ3) is 3.91. The Bertz CT molecular complexity index is 756. The van der Waals surface area contributed by atoms with Gasteiger partial charge in [0.25, 0.3) is 5.91 Å². The van der Waals surface area contributed by atoms with Crippen LogP contribution in [0.1, 0.15) is 36.8 Å². The van der Waals surface area contributed by atoms with Gasteiger partial charge < -0.3 is 15.5 Å². The predicted molar refractivity (Wildman–Crippen MR) is 105 cm³/mol. The van der Waals surface area contributed by atoms with Crippen molar-refractivity contribution in [1.29, 1.82) is 0 Å². The fourth-order valence-corrected chi connectivity index (χ4v) is 3.97. The Morgan fingerprint density at radius 2 is 2.08 bits per heavy atom. The van der Waals surface area contributed by atoms with Crippen molar-refractivity contribution in [1.82, 2.24) is 15.5 Å². The van der Waals surface area contributed by atoms with Gasteiger partial charge in [-0.25, -0.2) is 0 Å². The summed E-state index contributed by atoms with van der Waals surface area (Å²) in [6.45, 7) is 4.37. The van der Waals surface area contributed by atoms with Crippen molar-refractivity contribution in [3.63, 3.8) is 0 Å². The summed E-state index contributed by atoms with van der Waals surface area (Å²) < 4.78 is 0. The molecule has 0 bridgehead atoms. The number of carbonyl (C=O) groups is 1. The first-order valence-electron chi connectivity index (χ1n) is 9.73. The molecule has 2 N–H and O–H groups in total. The maximum atomic E-state index is 12.2. The van der Waals surface area contributed by atoms with Gasteiger partial charge in [0.1, 0.15) is 0 Å². The maximum Gasteiger partial charge on any atom is 0.253 e. The number of carbonyl (C=O) groups excluding carboxylic acids is 1. The largest absolute Gasteiger partial charge is 0.361 e. The number of nitrogens with zero attached hydrogens (tertiary/aromatic N) is 1. The van der Waals surface area contributed by atoms with Crippen molar-refractivity contribution in [3.05, 3.63) is 65.5 Å². The fraction of sp³-hybridized carbons (Fsp3) is 0.409. The first-order chi connectivity index (χ1) is 12.8. The van der Waals surface area contributed by atoms with Crippen LogP contribution in [-0.2, 0) is 11.3 Å². The highest BCUT2D eigenvalue weighted by Gasteiger charge is 2.20. The summed E-state index contributed by atoms with van der Waals surface area (Å²) in [5.74, 6) is 0.618. The molecule has 1 aliphatic carbocycles. The molecule has 2 heterocycles. The van der Waals surface area contributed by atoms with Crippen LogP contribution in [0, 0.1) is 5.92 Å². The molecular formula is C22H27N3O. The molecule has 0 aromatic heterocycles. The minimum absolute atomic E-state index is 0.0138. The Kier molecular flexibility index (Phi) is 5.21. The third-order valence-electron chi connectivity index (χ3n) is 5.58. The number of nitrogens with one attached hydrogen (secondary N) is 2. The highest BCUT2D eigenvalue weighted by molar-refractivity contribution is 6.20. The quantitative estimate of drug-likeness (QED) is 0.803. The van der Waals surface area contributed by atoms with Gasteiger partial charge in [-0.15, -0.1) is 0 Å². The average Bonchev–Trinajstić information content (AvgIpc) is 3.20. The van der Waals surface area contributed by atoms with Crippen molar-refractivity contribution in [2.24, 2.45) is 5.92 Å². The van der Waals surface area contributed by atoms with Gasteiger partial charge >= 0.3 is 0 Å². The predicted octanol–water partition coefficient (Wildman–Crippen LogP) is 3.19. The van der Waals surface area contributed by atoms with Crippen LogP contribution in [0.15, 0.2) is 54.4 Å². The second kappa shape index (κ2) is 7.92. The lowest BCUT2D eigenvalue weighted by atomic mass is 9.95. The smallest absolute Gasteiger partial charge is 0.253 e. The van der Waals surface area contributed by atoms with E-state index in [2.05, 4.69) is 39.8 Å². The minimum atomic E-state index is -0.0138. The molecule has 3 aliphatic rings. The molecule has 1 atom stereocenters. The molecule has 4 rings (SSSR count). The average molecular weight is 349 g/mol. The first kappa shape index (κ1) is 17.1. The van der Waals surface area contributed by atoms with Crippen LogP contribution in [0.25, 0.3) is 5.57 Å². The number of fused-ring (bicyclic) bond motifs is 1. The third-order valence-corrected chi connectivity index (χ3v) is 5.58. The van der Waals surface area contributed by atoms with Gasteiger partial charge in [0.15, 0.2) is 0 Å². The Hall–Kier alpha value is -2.33. The van der Waals surface area contributed by atoms with Crippen LogP contribution >= 0.6 is 0 Å². The highest BCUT2D eigenvalue weighted by atomic mass is 16.1. The van der Waals surface area contributed by atoms with Gasteiger partial charge in [0, 0.05) is 18.4 Å². The lowest BCUT2D eigenvalue weighted by Crippen LogP contribution is -2.30. The zero-order valence-electron chi connectivity index (χ0n) is 15.2. The van der Waals surface area contributed by atoms with E-state index in [0.717, 1.165) is 23.2 Å². The van der Waals surface area contributed by atoms with E-state index in [9.17, 15) is 4.79 Å². The minimum Gasteiger partial charge on any atom is -0.361 e. The number of amides is 1. The number of allylic oxidation sites excluding steroid dienone is 3. The van der Waals surface area contributed by atoms with Crippen molar-refractivity contribution < 1.29 is 4.79 Å². The van der Waals surface area contributed by atoms with Gasteiger partial charge in [-0.1, -0.05) is 36.4 Å². The monoisotopic (exact) mass is 349 g/mol. The van der Waals surface area contributed by atoms with E-state index in [1.165, 1.54) is 38.9 Å². The summed E-state index contributed by atoms with van der Waals surface area (Å²) in [6.07, 6.45) is 13.6. The van der Waals surface area contributed by atoms with Gasteiger partial charge in [0.05, 0.1) is 5.57 Å². The molecule has 1 saturated heterocycles. The summed E-state index contributed by atoms with van der Waals surface area (Å²) in [5.41, 5.74) is 3.96. The van der Waals surface area contributed by atoms with Gasteiger partial charge in [-0.2, -0.15) is 0 Å². The summed E-state index contributed by atoms with van der Waals surface area (Å²) >= 11 is 0. The van der Waals surface area contributed by atoms with Crippen molar-refractivity contribution in [3.8, 4) is 0 Å². The number of hydrogen-bond acceptors (Lipinski definition) is 3. The van der Waals surface area contributed by atoms with Crippen LogP contribution in [0.4, 0.5) is 0 Å². The van der Waals surface area contributed by atoms with E-state index in [4.69, 9.17) is 0 Å². The zero-order chi connectivity index (χ0) is 17.8. The second-order valence-corrected chi connectivity index (χ2v) is 7.39. The van der Waals surface area contributed by atoms with Gasteiger partial charge in [-0.3, -0.25) is 4.79 Å². The summed E-state index contributed by atoms with van der Waals surface area (Å²) in [7, 11) is 0.